The lowest BCUT2D eigenvalue weighted by atomic mass is 10.2. The summed E-state index contributed by atoms with van der Waals surface area (Å²) in [6, 6.07) is 5.57. The standard InChI is InChI=1S/C17H14Cl2N6S/c1-9-10(2)26-16-14(9)15(23-17(24-16)25-8-20-7-22-25)21-6-11-3-4-12(18)13(19)5-11/h3-5,7-8H,6H2,1-2H3,(H,21,23,24). The number of hydrogen-bond donors (Lipinski definition) is 1. The smallest absolute Gasteiger partial charge is 0.255 e. The van der Waals surface area contributed by atoms with Gasteiger partial charge in [-0.15, -0.1) is 11.3 Å². The quantitative estimate of drug-likeness (QED) is 0.528. The molecule has 1 N–H and O–H groups in total. The van der Waals surface area contributed by atoms with E-state index in [1.54, 1.807) is 28.4 Å². The molecule has 0 saturated heterocycles. The fraction of sp³-hybridized carbons (Fsp3) is 0.176. The zero-order valence-electron chi connectivity index (χ0n) is 14.0. The van der Waals surface area contributed by atoms with E-state index in [1.165, 1.54) is 16.8 Å². The first-order valence-electron chi connectivity index (χ1n) is 7.83. The number of hydrogen-bond acceptors (Lipinski definition) is 6. The maximum atomic E-state index is 6.11. The summed E-state index contributed by atoms with van der Waals surface area (Å²) in [5, 5.41) is 9.62. The van der Waals surface area contributed by atoms with Gasteiger partial charge < -0.3 is 5.32 Å². The Morgan fingerprint density at radius 3 is 2.73 bits per heavy atom. The Hall–Kier alpha value is -2.22. The third-order valence-electron chi connectivity index (χ3n) is 4.08. The van der Waals surface area contributed by atoms with E-state index < -0.39 is 0 Å². The molecule has 9 heteroatoms. The maximum Gasteiger partial charge on any atom is 0.255 e. The molecule has 4 rings (SSSR count). The summed E-state index contributed by atoms with van der Waals surface area (Å²) >= 11 is 13.7. The fourth-order valence-corrected chi connectivity index (χ4v) is 3.96. The van der Waals surface area contributed by atoms with Gasteiger partial charge in [-0.3, -0.25) is 0 Å². The molecule has 0 amide bonds. The first kappa shape index (κ1) is 17.2. The number of nitrogens with zero attached hydrogens (tertiary/aromatic N) is 5. The van der Waals surface area contributed by atoms with Crippen molar-refractivity contribution in [2.75, 3.05) is 5.32 Å². The van der Waals surface area contributed by atoms with Gasteiger partial charge >= 0.3 is 0 Å². The van der Waals surface area contributed by atoms with E-state index in [-0.39, 0.29) is 0 Å². The van der Waals surface area contributed by atoms with Gasteiger partial charge in [0.2, 0.25) is 0 Å². The molecule has 0 saturated carbocycles. The lowest BCUT2D eigenvalue weighted by Crippen LogP contribution is -2.07. The molecule has 26 heavy (non-hydrogen) atoms. The number of anilines is 1. The van der Waals surface area contributed by atoms with Crippen molar-refractivity contribution < 1.29 is 0 Å². The van der Waals surface area contributed by atoms with Crippen molar-refractivity contribution in [2.24, 2.45) is 0 Å². The van der Waals surface area contributed by atoms with Crippen LogP contribution in [0.1, 0.15) is 16.0 Å². The molecule has 0 fully saturated rings. The minimum Gasteiger partial charge on any atom is -0.365 e. The van der Waals surface area contributed by atoms with Gasteiger partial charge in [-0.1, -0.05) is 29.3 Å². The molecule has 3 aromatic heterocycles. The molecule has 0 atom stereocenters. The van der Waals surface area contributed by atoms with Crippen LogP contribution in [0.4, 0.5) is 5.82 Å². The predicted molar refractivity (Wildman–Crippen MR) is 106 cm³/mol. The summed E-state index contributed by atoms with van der Waals surface area (Å²) < 4.78 is 1.55. The van der Waals surface area contributed by atoms with Crippen LogP contribution in [0.3, 0.4) is 0 Å². The Labute approximate surface area is 163 Å². The second-order valence-electron chi connectivity index (χ2n) is 5.78. The second kappa shape index (κ2) is 6.83. The Morgan fingerprint density at radius 2 is 2.00 bits per heavy atom. The van der Waals surface area contributed by atoms with Gasteiger partial charge in [0.15, 0.2) is 0 Å². The third kappa shape index (κ3) is 3.13. The Kier molecular flexibility index (Phi) is 4.52. The van der Waals surface area contributed by atoms with Crippen molar-refractivity contribution in [1.82, 2.24) is 24.7 Å². The van der Waals surface area contributed by atoms with Crippen LogP contribution in [-0.4, -0.2) is 24.7 Å². The lowest BCUT2D eigenvalue weighted by Gasteiger charge is -2.10. The van der Waals surface area contributed by atoms with Crippen molar-refractivity contribution in [3.8, 4) is 5.95 Å². The molecule has 0 spiro atoms. The number of rotatable bonds is 4. The average molecular weight is 405 g/mol. The summed E-state index contributed by atoms with van der Waals surface area (Å²) in [4.78, 5) is 15.4. The van der Waals surface area contributed by atoms with E-state index in [2.05, 4.69) is 39.2 Å². The average Bonchev–Trinajstić information content (AvgIpc) is 3.25. The van der Waals surface area contributed by atoms with Gasteiger partial charge in [-0.2, -0.15) is 19.7 Å². The number of thiophene rings is 1. The highest BCUT2D eigenvalue weighted by molar-refractivity contribution is 7.18. The lowest BCUT2D eigenvalue weighted by molar-refractivity contribution is 0.815. The number of nitrogens with one attached hydrogen (secondary N) is 1. The van der Waals surface area contributed by atoms with Crippen LogP contribution < -0.4 is 5.32 Å². The van der Waals surface area contributed by atoms with E-state index in [4.69, 9.17) is 23.2 Å². The second-order valence-corrected chi connectivity index (χ2v) is 7.80. The Morgan fingerprint density at radius 1 is 1.15 bits per heavy atom. The first-order valence-corrected chi connectivity index (χ1v) is 9.40. The highest BCUT2D eigenvalue weighted by Gasteiger charge is 2.16. The van der Waals surface area contributed by atoms with Crippen LogP contribution in [0.5, 0.6) is 0 Å². The molecule has 0 unspecified atom stereocenters. The molecule has 0 bridgehead atoms. The van der Waals surface area contributed by atoms with Gasteiger partial charge in [0, 0.05) is 11.4 Å². The van der Waals surface area contributed by atoms with Crippen molar-refractivity contribution in [3.63, 3.8) is 0 Å². The number of fused-ring (bicyclic) bond motifs is 1. The topological polar surface area (TPSA) is 68.5 Å². The van der Waals surface area contributed by atoms with Gasteiger partial charge in [0.25, 0.3) is 5.95 Å². The minimum absolute atomic E-state index is 0.480. The number of benzene rings is 1. The van der Waals surface area contributed by atoms with Crippen LogP contribution in [0, 0.1) is 13.8 Å². The van der Waals surface area contributed by atoms with Crippen molar-refractivity contribution >= 4 is 50.6 Å². The van der Waals surface area contributed by atoms with Crippen LogP contribution >= 0.6 is 34.5 Å². The predicted octanol–water partition coefficient (Wildman–Crippen LogP) is 4.81. The van der Waals surface area contributed by atoms with Gasteiger partial charge in [0.1, 0.15) is 23.3 Å². The molecule has 1 aromatic carbocycles. The van der Waals surface area contributed by atoms with E-state index >= 15 is 0 Å². The number of aromatic nitrogens is 5. The molecule has 0 aliphatic rings. The molecule has 4 aromatic rings. The molecular weight excluding hydrogens is 391 g/mol. The Balaban J connectivity index is 1.75. The summed E-state index contributed by atoms with van der Waals surface area (Å²) in [6.07, 6.45) is 3.04. The highest BCUT2D eigenvalue weighted by Crippen LogP contribution is 2.34. The molecule has 0 radical (unpaired) electrons. The van der Waals surface area contributed by atoms with Gasteiger partial charge in [-0.25, -0.2) is 4.98 Å². The summed E-state index contributed by atoms with van der Waals surface area (Å²) in [5.41, 5.74) is 2.19. The number of halogens is 2. The third-order valence-corrected chi connectivity index (χ3v) is 5.92. The van der Waals surface area contributed by atoms with Gasteiger partial charge in [-0.05, 0) is 37.1 Å². The number of aryl methyl sites for hydroxylation is 2. The van der Waals surface area contributed by atoms with E-state index in [9.17, 15) is 0 Å². The summed E-state index contributed by atoms with van der Waals surface area (Å²) in [5.74, 6) is 1.24. The molecule has 0 aliphatic carbocycles. The molecule has 132 valence electrons. The largest absolute Gasteiger partial charge is 0.365 e. The maximum absolute atomic E-state index is 6.11. The zero-order valence-corrected chi connectivity index (χ0v) is 16.3. The van der Waals surface area contributed by atoms with Crippen LogP contribution in [0.15, 0.2) is 30.9 Å². The SMILES string of the molecule is Cc1sc2nc(-n3cncn3)nc(NCc3ccc(Cl)c(Cl)c3)c2c1C. The van der Waals surface area contributed by atoms with Crippen molar-refractivity contribution in [3.05, 3.63) is 56.9 Å². The van der Waals surface area contributed by atoms with Gasteiger partial charge in [0.05, 0.1) is 15.4 Å². The zero-order chi connectivity index (χ0) is 18.3. The highest BCUT2D eigenvalue weighted by atomic mass is 35.5. The minimum atomic E-state index is 0.480. The first-order chi connectivity index (χ1) is 12.5. The van der Waals surface area contributed by atoms with Crippen molar-refractivity contribution in [2.45, 2.75) is 20.4 Å². The molecule has 6 nitrogen and oxygen atoms in total. The van der Waals surface area contributed by atoms with E-state index in [0.717, 1.165) is 21.6 Å². The molecule has 0 aliphatic heterocycles. The summed E-state index contributed by atoms with van der Waals surface area (Å²) in [6.45, 7) is 4.73. The molecular formula is C17H14Cl2N6S. The van der Waals surface area contributed by atoms with Crippen molar-refractivity contribution in [1.29, 1.82) is 0 Å². The fourth-order valence-electron chi connectivity index (χ4n) is 2.62. The molecule has 3 heterocycles. The van der Waals surface area contributed by atoms with Crippen LogP contribution in [0.2, 0.25) is 10.0 Å². The van der Waals surface area contributed by atoms with Crippen LogP contribution in [-0.2, 0) is 6.54 Å². The van der Waals surface area contributed by atoms with E-state index in [0.29, 0.717) is 22.5 Å². The Bertz CT molecular complexity index is 1090. The monoisotopic (exact) mass is 404 g/mol. The van der Waals surface area contributed by atoms with Crippen LogP contribution in [0.25, 0.3) is 16.2 Å². The van der Waals surface area contributed by atoms with E-state index in [1.807, 2.05) is 12.1 Å². The summed E-state index contributed by atoms with van der Waals surface area (Å²) in [7, 11) is 0. The normalized spacial score (nSPS) is 11.2.